The van der Waals surface area contributed by atoms with Gasteiger partial charge in [-0.05, 0) is 37.3 Å². The number of fused-ring (bicyclic) bond motifs is 3. The van der Waals surface area contributed by atoms with E-state index >= 15 is 0 Å². The molecule has 2 atom stereocenters. The zero-order valence-electron chi connectivity index (χ0n) is 11.9. The lowest BCUT2D eigenvalue weighted by Gasteiger charge is -2.36. The monoisotopic (exact) mass is 301 g/mol. The molecule has 2 aliphatic rings. The number of hydrogen-bond acceptors (Lipinski definition) is 3. The van der Waals surface area contributed by atoms with Crippen molar-refractivity contribution in [1.82, 2.24) is 4.98 Å². The predicted octanol–water partition coefficient (Wildman–Crippen LogP) is 2.58. The zero-order valence-corrected chi connectivity index (χ0v) is 12.7. The third-order valence-electron chi connectivity index (χ3n) is 4.92. The van der Waals surface area contributed by atoms with Crippen LogP contribution in [0.25, 0.3) is 10.9 Å². The quantitative estimate of drug-likeness (QED) is 0.927. The number of nitrogens with zero attached hydrogens (tertiary/aromatic N) is 1. The number of hydrogen-bond donors (Lipinski definition) is 1. The Labute approximate surface area is 126 Å². The molecule has 2 unspecified atom stereocenters. The average molecular weight is 301 g/mol. The molecule has 1 aromatic heterocycles. The fraction of sp³-hybridized carbons (Fsp3) is 0.471. The first kappa shape index (κ1) is 13.4. The SMILES string of the molecule is O=S1C2CCC1CC(O)(Cc1cccc3cccnc13)C2. The highest BCUT2D eigenvalue weighted by Gasteiger charge is 2.47. The Morgan fingerprint density at radius 1 is 1.19 bits per heavy atom. The van der Waals surface area contributed by atoms with Gasteiger partial charge in [0.05, 0.1) is 11.1 Å². The second kappa shape index (κ2) is 4.89. The standard InChI is InChI=1S/C17H19NO2S/c19-17(10-14-6-7-15(11-17)21(14)20)9-13-4-1-3-12-5-2-8-18-16(12)13/h1-5,8,14-15,19H,6-7,9-11H2. The van der Waals surface area contributed by atoms with E-state index in [-0.39, 0.29) is 10.5 Å². The normalized spacial score (nSPS) is 35.2. The van der Waals surface area contributed by atoms with Crippen LogP contribution in [0, 0.1) is 0 Å². The van der Waals surface area contributed by atoms with E-state index in [1.165, 1.54) is 0 Å². The molecule has 4 rings (SSSR count). The summed E-state index contributed by atoms with van der Waals surface area (Å²) < 4.78 is 12.1. The maximum atomic E-state index is 12.1. The lowest BCUT2D eigenvalue weighted by Crippen LogP contribution is -2.44. The molecule has 1 N–H and O–H groups in total. The number of benzene rings is 1. The van der Waals surface area contributed by atoms with Gasteiger partial charge in [0, 0.05) is 39.3 Å². The van der Waals surface area contributed by atoms with Gasteiger partial charge >= 0.3 is 0 Å². The molecule has 0 saturated carbocycles. The second-order valence-electron chi connectivity index (χ2n) is 6.45. The van der Waals surface area contributed by atoms with E-state index in [0.717, 1.165) is 29.3 Å². The molecule has 2 fully saturated rings. The van der Waals surface area contributed by atoms with Gasteiger partial charge in [0.2, 0.25) is 0 Å². The van der Waals surface area contributed by atoms with Crippen LogP contribution < -0.4 is 0 Å². The molecule has 21 heavy (non-hydrogen) atoms. The summed E-state index contributed by atoms with van der Waals surface area (Å²) in [5, 5.41) is 12.5. The summed E-state index contributed by atoms with van der Waals surface area (Å²) in [6, 6.07) is 10.1. The molecule has 110 valence electrons. The van der Waals surface area contributed by atoms with Crippen molar-refractivity contribution in [3.8, 4) is 0 Å². The molecule has 0 aliphatic carbocycles. The largest absolute Gasteiger partial charge is 0.389 e. The third-order valence-corrected chi connectivity index (χ3v) is 7.04. The predicted molar refractivity (Wildman–Crippen MR) is 84.6 cm³/mol. The molecule has 2 aromatic rings. The van der Waals surface area contributed by atoms with Crippen LogP contribution in [0.4, 0.5) is 0 Å². The summed E-state index contributed by atoms with van der Waals surface area (Å²) in [6.07, 6.45) is 5.76. The molecule has 4 heteroatoms. The summed E-state index contributed by atoms with van der Waals surface area (Å²) in [4.78, 5) is 4.48. The molecule has 3 heterocycles. The van der Waals surface area contributed by atoms with Gasteiger partial charge in [0.15, 0.2) is 0 Å². The Balaban J connectivity index is 1.67. The van der Waals surface area contributed by atoms with Gasteiger partial charge in [-0.25, -0.2) is 0 Å². The molecule has 3 nitrogen and oxygen atoms in total. The molecular weight excluding hydrogens is 282 g/mol. The molecule has 0 spiro atoms. The van der Waals surface area contributed by atoms with Crippen LogP contribution in [0.2, 0.25) is 0 Å². The van der Waals surface area contributed by atoms with Crippen LogP contribution in [0.5, 0.6) is 0 Å². The van der Waals surface area contributed by atoms with Crippen molar-refractivity contribution in [1.29, 1.82) is 0 Å². The fourth-order valence-electron chi connectivity index (χ4n) is 3.98. The Bertz CT molecular complexity index is 694. The average Bonchev–Trinajstić information content (AvgIpc) is 2.71. The van der Waals surface area contributed by atoms with Crippen LogP contribution in [-0.4, -0.2) is 30.4 Å². The van der Waals surface area contributed by atoms with Crippen molar-refractivity contribution in [2.24, 2.45) is 0 Å². The molecule has 2 aliphatic heterocycles. The second-order valence-corrected chi connectivity index (χ2v) is 8.44. The highest BCUT2D eigenvalue weighted by atomic mass is 32.2. The highest BCUT2D eigenvalue weighted by Crippen LogP contribution is 2.42. The minimum Gasteiger partial charge on any atom is -0.389 e. The minimum atomic E-state index is -0.726. The summed E-state index contributed by atoms with van der Waals surface area (Å²) in [7, 11) is -0.726. The third kappa shape index (κ3) is 2.30. The molecule has 2 bridgehead atoms. The summed E-state index contributed by atoms with van der Waals surface area (Å²) in [5.41, 5.74) is 1.36. The smallest absolute Gasteiger partial charge is 0.0734 e. The molecule has 2 saturated heterocycles. The van der Waals surface area contributed by atoms with Crippen LogP contribution in [-0.2, 0) is 17.2 Å². The van der Waals surface area contributed by atoms with E-state index in [1.807, 2.05) is 12.1 Å². The van der Waals surface area contributed by atoms with Crippen molar-refractivity contribution >= 4 is 21.7 Å². The van der Waals surface area contributed by atoms with E-state index in [2.05, 4.69) is 23.2 Å². The Morgan fingerprint density at radius 3 is 2.67 bits per heavy atom. The highest BCUT2D eigenvalue weighted by molar-refractivity contribution is 7.86. The van der Waals surface area contributed by atoms with Gasteiger partial charge in [-0.2, -0.15) is 0 Å². The van der Waals surface area contributed by atoms with Gasteiger partial charge in [-0.3, -0.25) is 9.19 Å². The number of aromatic nitrogens is 1. The van der Waals surface area contributed by atoms with Gasteiger partial charge < -0.3 is 5.11 Å². The van der Waals surface area contributed by atoms with Crippen LogP contribution in [0.3, 0.4) is 0 Å². The van der Waals surface area contributed by atoms with Gasteiger partial charge in [-0.1, -0.05) is 24.3 Å². The van der Waals surface area contributed by atoms with E-state index in [9.17, 15) is 9.32 Å². The van der Waals surface area contributed by atoms with Crippen molar-refractivity contribution in [2.75, 3.05) is 0 Å². The van der Waals surface area contributed by atoms with Crippen LogP contribution in [0.15, 0.2) is 36.5 Å². The number of rotatable bonds is 2. The lowest BCUT2D eigenvalue weighted by molar-refractivity contribution is 0.0233. The zero-order chi connectivity index (χ0) is 14.4. The molecule has 1 aromatic carbocycles. The summed E-state index contributed by atoms with van der Waals surface area (Å²) in [6.45, 7) is 0. The Hall–Kier alpha value is -1.26. The maximum Gasteiger partial charge on any atom is 0.0734 e. The van der Waals surface area contributed by atoms with Gasteiger partial charge in [0.1, 0.15) is 0 Å². The minimum absolute atomic E-state index is 0.191. The molecule has 0 amide bonds. The van der Waals surface area contributed by atoms with Crippen LogP contribution >= 0.6 is 0 Å². The van der Waals surface area contributed by atoms with Crippen molar-refractivity contribution in [2.45, 2.75) is 48.2 Å². The van der Waals surface area contributed by atoms with Crippen molar-refractivity contribution in [3.05, 3.63) is 42.1 Å². The topological polar surface area (TPSA) is 50.2 Å². The first-order valence-corrected chi connectivity index (χ1v) is 8.87. The lowest BCUT2D eigenvalue weighted by atomic mass is 9.86. The van der Waals surface area contributed by atoms with E-state index in [4.69, 9.17) is 0 Å². The first-order chi connectivity index (χ1) is 10.1. The number of para-hydroxylation sites is 1. The molecular formula is C17H19NO2S. The fourth-order valence-corrected chi connectivity index (χ4v) is 6.21. The maximum absolute atomic E-state index is 12.1. The summed E-state index contributed by atoms with van der Waals surface area (Å²) >= 11 is 0. The number of aliphatic hydroxyl groups is 1. The van der Waals surface area contributed by atoms with E-state index < -0.39 is 16.4 Å². The summed E-state index contributed by atoms with van der Waals surface area (Å²) in [5.74, 6) is 0. The molecule has 0 radical (unpaired) electrons. The van der Waals surface area contributed by atoms with E-state index in [1.54, 1.807) is 6.20 Å². The van der Waals surface area contributed by atoms with Gasteiger partial charge in [-0.15, -0.1) is 0 Å². The van der Waals surface area contributed by atoms with Crippen LogP contribution in [0.1, 0.15) is 31.2 Å². The Morgan fingerprint density at radius 2 is 1.90 bits per heavy atom. The number of pyridine rings is 1. The first-order valence-electron chi connectivity index (χ1n) is 7.59. The van der Waals surface area contributed by atoms with Gasteiger partial charge in [0.25, 0.3) is 0 Å². The Kier molecular flexibility index (Phi) is 3.12. The van der Waals surface area contributed by atoms with Crippen molar-refractivity contribution < 1.29 is 9.32 Å². The van der Waals surface area contributed by atoms with E-state index in [0.29, 0.717) is 19.3 Å². The van der Waals surface area contributed by atoms with Crippen molar-refractivity contribution in [3.63, 3.8) is 0 Å².